The van der Waals surface area contributed by atoms with Crippen LogP contribution in [0.1, 0.15) is 31.3 Å². The van der Waals surface area contributed by atoms with Gasteiger partial charge in [-0.3, -0.25) is 25.3 Å². The van der Waals surface area contributed by atoms with E-state index in [9.17, 15) is 9.59 Å². The van der Waals surface area contributed by atoms with Gasteiger partial charge in [-0.2, -0.15) is 0 Å². The molecule has 31 heavy (non-hydrogen) atoms. The first kappa shape index (κ1) is 21.2. The minimum Gasteiger partial charge on any atom is -0.379 e. The topological polar surface area (TPSA) is 83.6 Å². The molecule has 0 saturated carbocycles. The Labute approximate surface area is 185 Å². The van der Waals surface area contributed by atoms with E-state index in [0.717, 1.165) is 49.0 Å². The maximum Gasteiger partial charge on any atom is 0.281 e. The van der Waals surface area contributed by atoms with Gasteiger partial charge in [0.15, 0.2) is 0 Å². The Morgan fingerprint density at radius 1 is 1.03 bits per heavy atom. The third-order valence-electron chi connectivity index (χ3n) is 5.01. The molecule has 4 rings (SSSR count). The molecular weight excluding hydrogens is 412 g/mol. The smallest absolute Gasteiger partial charge is 0.281 e. The highest BCUT2D eigenvalue weighted by Gasteiger charge is 2.17. The van der Waals surface area contributed by atoms with Crippen LogP contribution in [-0.2, 0) is 11.3 Å². The standard InChI is InChI=1S/C23H24N4O3S/c1-16-20(31-23(24-16)18-7-3-2-4-8-18)22(29)26-25-21(28)19-9-5-6-17(14-19)15-27-10-12-30-13-11-27/h2-9,14H,10-13,15H2,1H3,(H,25,28)(H,26,29). The lowest BCUT2D eigenvalue weighted by atomic mass is 10.1. The zero-order valence-corrected chi connectivity index (χ0v) is 18.1. The van der Waals surface area contributed by atoms with E-state index in [0.29, 0.717) is 16.1 Å². The molecule has 1 fully saturated rings. The summed E-state index contributed by atoms with van der Waals surface area (Å²) in [5.74, 6) is -0.738. The Kier molecular flexibility index (Phi) is 6.71. The highest BCUT2D eigenvalue weighted by molar-refractivity contribution is 7.17. The first-order chi connectivity index (χ1) is 15.1. The summed E-state index contributed by atoms with van der Waals surface area (Å²) in [7, 11) is 0. The fraction of sp³-hybridized carbons (Fsp3) is 0.261. The largest absolute Gasteiger partial charge is 0.379 e. The van der Waals surface area contributed by atoms with Crippen molar-refractivity contribution in [2.75, 3.05) is 26.3 Å². The second-order valence-electron chi connectivity index (χ2n) is 7.30. The van der Waals surface area contributed by atoms with Gasteiger partial charge in [0.05, 0.1) is 18.9 Å². The normalized spacial score (nSPS) is 14.2. The molecule has 2 aromatic carbocycles. The first-order valence-corrected chi connectivity index (χ1v) is 10.9. The number of aromatic nitrogens is 1. The number of amides is 2. The number of nitrogens with one attached hydrogen (secondary N) is 2. The Morgan fingerprint density at radius 2 is 1.77 bits per heavy atom. The summed E-state index contributed by atoms with van der Waals surface area (Å²) in [4.78, 5) is 32.4. The maximum atomic E-state index is 12.6. The zero-order chi connectivity index (χ0) is 21.6. The van der Waals surface area contributed by atoms with Crippen molar-refractivity contribution in [2.24, 2.45) is 0 Å². The Hall–Kier alpha value is -3.07. The van der Waals surface area contributed by atoms with Gasteiger partial charge in [-0.25, -0.2) is 4.98 Å². The average Bonchev–Trinajstić information content (AvgIpc) is 3.20. The SMILES string of the molecule is Cc1nc(-c2ccccc2)sc1C(=O)NNC(=O)c1cccc(CN2CCOCC2)c1. The van der Waals surface area contributed by atoms with Crippen LogP contribution in [0.25, 0.3) is 10.6 Å². The number of ether oxygens (including phenoxy) is 1. The third kappa shape index (κ3) is 5.35. The van der Waals surface area contributed by atoms with Crippen LogP contribution in [0.3, 0.4) is 0 Å². The highest BCUT2D eigenvalue weighted by atomic mass is 32.1. The summed E-state index contributed by atoms with van der Waals surface area (Å²) in [6.45, 7) is 5.77. The first-order valence-electron chi connectivity index (χ1n) is 10.1. The molecule has 1 saturated heterocycles. The average molecular weight is 437 g/mol. The lowest BCUT2D eigenvalue weighted by Crippen LogP contribution is -2.41. The fourth-order valence-corrected chi connectivity index (χ4v) is 4.35. The van der Waals surface area contributed by atoms with Crippen LogP contribution in [0.4, 0.5) is 0 Å². The molecule has 3 aromatic rings. The number of nitrogens with zero attached hydrogens (tertiary/aromatic N) is 2. The summed E-state index contributed by atoms with van der Waals surface area (Å²) in [6, 6.07) is 17.1. The Bertz CT molecular complexity index is 1060. The Morgan fingerprint density at radius 3 is 2.55 bits per heavy atom. The number of benzene rings is 2. The van der Waals surface area contributed by atoms with Crippen LogP contribution in [0, 0.1) is 6.92 Å². The van der Waals surface area contributed by atoms with Crippen LogP contribution in [0.5, 0.6) is 0 Å². The number of thiazole rings is 1. The van der Waals surface area contributed by atoms with Crippen LogP contribution in [0.2, 0.25) is 0 Å². The molecule has 0 atom stereocenters. The van der Waals surface area contributed by atoms with Crippen molar-refractivity contribution in [2.45, 2.75) is 13.5 Å². The van der Waals surface area contributed by atoms with Crippen molar-refractivity contribution in [1.82, 2.24) is 20.7 Å². The van der Waals surface area contributed by atoms with Gasteiger partial charge in [0.1, 0.15) is 9.88 Å². The molecule has 0 bridgehead atoms. The molecule has 0 unspecified atom stereocenters. The van der Waals surface area contributed by atoms with E-state index < -0.39 is 0 Å². The molecule has 1 aliphatic heterocycles. The number of hydrazine groups is 1. The van der Waals surface area contributed by atoms with E-state index in [2.05, 4.69) is 20.7 Å². The summed E-state index contributed by atoms with van der Waals surface area (Å²) < 4.78 is 5.38. The van der Waals surface area contributed by atoms with Gasteiger partial charge in [0, 0.05) is 30.8 Å². The van der Waals surface area contributed by atoms with E-state index in [4.69, 9.17) is 4.74 Å². The van der Waals surface area contributed by atoms with Crippen LogP contribution < -0.4 is 10.9 Å². The lowest BCUT2D eigenvalue weighted by Gasteiger charge is -2.26. The molecule has 1 aromatic heterocycles. The number of morpholine rings is 1. The van der Waals surface area contributed by atoms with E-state index >= 15 is 0 Å². The molecule has 0 spiro atoms. The second kappa shape index (κ2) is 9.82. The molecule has 2 N–H and O–H groups in total. The van der Waals surface area contributed by atoms with Crippen LogP contribution in [-0.4, -0.2) is 48.0 Å². The molecule has 160 valence electrons. The minimum atomic E-state index is -0.380. The van der Waals surface area contributed by atoms with Crippen molar-refractivity contribution < 1.29 is 14.3 Å². The number of aryl methyl sites for hydroxylation is 1. The van der Waals surface area contributed by atoms with Gasteiger partial charge in [0.25, 0.3) is 11.8 Å². The summed E-state index contributed by atoms with van der Waals surface area (Å²) in [6.07, 6.45) is 0. The van der Waals surface area contributed by atoms with E-state index in [-0.39, 0.29) is 11.8 Å². The van der Waals surface area contributed by atoms with Crippen molar-refractivity contribution in [1.29, 1.82) is 0 Å². The van der Waals surface area contributed by atoms with E-state index in [1.165, 1.54) is 11.3 Å². The van der Waals surface area contributed by atoms with Gasteiger partial charge < -0.3 is 4.74 Å². The molecule has 7 nitrogen and oxygen atoms in total. The van der Waals surface area contributed by atoms with Gasteiger partial charge in [-0.1, -0.05) is 42.5 Å². The van der Waals surface area contributed by atoms with E-state index in [1.54, 1.807) is 13.0 Å². The summed E-state index contributed by atoms with van der Waals surface area (Å²) >= 11 is 1.30. The molecule has 8 heteroatoms. The van der Waals surface area contributed by atoms with Crippen LogP contribution in [0.15, 0.2) is 54.6 Å². The maximum absolute atomic E-state index is 12.6. The van der Waals surface area contributed by atoms with Gasteiger partial charge in [0.2, 0.25) is 0 Å². The van der Waals surface area contributed by atoms with Gasteiger partial charge in [-0.05, 0) is 24.6 Å². The Balaban J connectivity index is 1.37. The number of carbonyl (C=O) groups is 2. The summed E-state index contributed by atoms with van der Waals surface area (Å²) in [5.41, 5.74) is 8.15. The molecular formula is C23H24N4O3S. The van der Waals surface area contributed by atoms with Crippen molar-refractivity contribution >= 4 is 23.2 Å². The van der Waals surface area contributed by atoms with Crippen molar-refractivity contribution in [3.8, 4) is 10.6 Å². The quantitative estimate of drug-likeness (QED) is 0.601. The summed E-state index contributed by atoms with van der Waals surface area (Å²) in [5, 5.41) is 0.769. The van der Waals surface area contributed by atoms with Gasteiger partial charge in [-0.15, -0.1) is 11.3 Å². The van der Waals surface area contributed by atoms with Crippen LogP contribution >= 0.6 is 11.3 Å². The highest BCUT2D eigenvalue weighted by Crippen LogP contribution is 2.27. The third-order valence-corrected chi connectivity index (χ3v) is 6.22. The molecule has 1 aliphatic rings. The zero-order valence-electron chi connectivity index (χ0n) is 17.3. The predicted octanol–water partition coefficient (Wildman–Crippen LogP) is 3.03. The number of hydrogen-bond acceptors (Lipinski definition) is 6. The molecule has 0 aliphatic carbocycles. The second-order valence-corrected chi connectivity index (χ2v) is 8.30. The van der Waals surface area contributed by atoms with Gasteiger partial charge >= 0.3 is 0 Å². The lowest BCUT2D eigenvalue weighted by molar-refractivity contribution is 0.0342. The number of hydrogen-bond donors (Lipinski definition) is 2. The molecule has 2 amide bonds. The minimum absolute atomic E-state index is 0.359. The van der Waals surface area contributed by atoms with Crippen molar-refractivity contribution in [3.63, 3.8) is 0 Å². The van der Waals surface area contributed by atoms with Crippen molar-refractivity contribution in [3.05, 3.63) is 76.3 Å². The number of carbonyl (C=O) groups excluding carboxylic acids is 2. The monoisotopic (exact) mass is 436 g/mol. The number of rotatable bonds is 5. The molecule has 0 radical (unpaired) electrons. The predicted molar refractivity (Wildman–Crippen MR) is 120 cm³/mol. The molecule has 2 heterocycles. The fourth-order valence-electron chi connectivity index (χ4n) is 3.38. The van der Waals surface area contributed by atoms with E-state index in [1.807, 2.05) is 48.5 Å².